The summed E-state index contributed by atoms with van der Waals surface area (Å²) in [5, 5.41) is 0. The summed E-state index contributed by atoms with van der Waals surface area (Å²) >= 11 is 0. The molecule has 0 aromatic rings. The van der Waals surface area contributed by atoms with E-state index >= 15 is 0 Å². The van der Waals surface area contributed by atoms with Crippen LogP contribution in [-0.4, -0.2) is 30.1 Å². The van der Waals surface area contributed by atoms with Crippen molar-refractivity contribution in [2.24, 2.45) is 16.6 Å². The lowest BCUT2D eigenvalue weighted by atomic mass is 9.71. The van der Waals surface area contributed by atoms with Crippen LogP contribution in [0, 0.1) is 10.8 Å². The molecule has 0 amide bonds. The Morgan fingerprint density at radius 1 is 1.11 bits per heavy atom. The van der Waals surface area contributed by atoms with E-state index in [1.54, 1.807) is 0 Å². The summed E-state index contributed by atoms with van der Waals surface area (Å²) < 4.78 is 0. The first kappa shape index (κ1) is 14.3. The van der Waals surface area contributed by atoms with Gasteiger partial charge in [0.1, 0.15) is 0 Å². The third-order valence-electron chi connectivity index (χ3n) is 5.74. The largest absolute Gasteiger partial charge is 0.326 e. The van der Waals surface area contributed by atoms with E-state index in [0.29, 0.717) is 22.9 Å². The molecular formula is C16H32N2. The van der Waals surface area contributed by atoms with Gasteiger partial charge in [-0.05, 0) is 56.0 Å². The van der Waals surface area contributed by atoms with E-state index < -0.39 is 0 Å². The molecule has 18 heavy (non-hydrogen) atoms. The topological polar surface area (TPSA) is 29.3 Å². The molecule has 0 aromatic heterocycles. The Balaban J connectivity index is 1.96. The lowest BCUT2D eigenvalue weighted by Crippen LogP contribution is -2.55. The predicted octanol–water partition coefficient (Wildman–Crippen LogP) is 3.40. The Kier molecular flexibility index (Phi) is 4.08. The van der Waals surface area contributed by atoms with Crippen LogP contribution in [0.25, 0.3) is 0 Å². The summed E-state index contributed by atoms with van der Waals surface area (Å²) in [6.07, 6.45) is 7.82. The average Bonchev–Trinajstić information content (AvgIpc) is 2.34. The number of rotatable bonds is 2. The lowest BCUT2D eigenvalue weighted by Gasteiger charge is -2.48. The van der Waals surface area contributed by atoms with Crippen molar-refractivity contribution in [3.05, 3.63) is 0 Å². The molecule has 0 radical (unpaired) electrons. The minimum Gasteiger partial charge on any atom is -0.326 e. The van der Waals surface area contributed by atoms with Gasteiger partial charge in [0.15, 0.2) is 0 Å². The van der Waals surface area contributed by atoms with Crippen molar-refractivity contribution in [1.82, 2.24) is 4.90 Å². The van der Waals surface area contributed by atoms with Crippen molar-refractivity contribution in [2.75, 3.05) is 13.1 Å². The second-order valence-corrected chi connectivity index (χ2v) is 7.84. The highest BCUT2D eigenvalue weighted by Crippen LogP contribution is 2.40. The van der Waals surface area contributed by atoms with E-state index in [2.05, 4.69) is 32.6 Å². The number of hydrogen-bond acceptors (Lipinski definition) is 2. The molecular weight excluding hydrogens is 220 g/mol. The molecule has 0 aromatic carbocycles. The van der Waals surface area contributed by atoms with E-state index in [0.717, 1.165) is 0 Å². The summed E-state index contributed by atoms with van der Waals surface area (Å²) in [6, 6.07) is 1.04. The molecule has 2 fully saturated rings. The Morgan fingerprint density at radius 2 is 1.72 bits per heavy atom. The number of likely N-dealkylation sites (tertiary alicyclic amines) is 1. The Hall–Kier alpha value is -0.0800. The number of nitrogens with zero attached hydrogens (tertiary/aromatic N) is 1. The van der Waals surface area contributed by atoms with Gasteiger partial charge in [-0.3, -0.25) is 4.90 Å². The number of hydrogen-bond donors (Lipinski definition) is 1. The zero-order valence-corrected chi connectivity index (χ0v) is 12.8. The summed E-state index contributed by atoms with van der Waals surface area (Å²) in [6.45, 7) is 12.1. The SMILES string of the molecule is CCC1(C)CCN(C2CC(C)(C)CCC2N)CC1. The molecule has 2 aliphatic rings. The molecule has 1 saturated carbocycles. The van der Waals surface area contributed by atoms with Gasteiger partial charge < -0.3 is 5.73 Å². The molecule has 2 heteroatoms. The number of nitrogens with two attached hydrogens (primary N) is 1. The summed E-state index contributed by atoms with van der Waals surface area (Å²) in [7, 11) is 0. The summed E-state index contributed by atoms with van der Waals surface area (Å²) in [4.78, 5) is 2.70. The van der Waals surface area contributed by atoms with E-state index in [-0.39, 0.29) is 0 Å². The highest BCUT2D eigenvalue weighted by molar-refractivity contribution is 4.95. The molecule has 2 rings (SSSR count). The fourth-order valence-corrected chi connectivity index (χ4v) is 3.72. The van der Waals surface area contributed by atoms with Gasteiger partial charge >= 0.3 is 0 Å². The molecule has 0 spiro atoms. The highest BCUT2D eigenvalue weighted by Gasteiger charge is 2.39. The van der Waals surface area contributed by atoms with Crippen LogP contribution >= 0.6 is 0 Å². The van der Waals surface area contributed by atoms with Crippen molar-refractivity contribution < 1.29 is 0 Å². The zero-order chi connectivity index (χ0) is 13.4. The van der Waals surface area contributed by atoms with Crippen molar-refractivity contribution in [1.29, 1.82) is 0 Å². The zero-order valence-electron chi connectivity index (χ0n) is 12.8. The first-order valence-electron chi connectivity index (χ1n) is 7.85. The molecule has 2 atom stereocenters. The van der Waals surface area contributed by atoms with Crippen molar-refractivity contribution >= 4 is 0 Å². The van der Waals surface area contributed by atoms with Crippen molar-refractivity contribution in [3.8, 4) is 0 Å². The van der Waals surface area contributed by atoms with Gasteiger partial charge in [0, 0.05) is 12.1 Å². The first-order valence-corrected chi connectivity index (χ1v) is 7.85. The predicted molar refractivity (Wildman–Crippen MR) is 78.6 cm³/mol. The monoisotopic (exact) mass is 252 g/mol. The fraction of sp³-hybridized carbons (Fsp3) is 1.00. The Morgan fingerprint density at radius 3 is 2.28 bits per heavy atom. The van der Waals surface area contributed by atoms with Gasteiger partial charge in [0.2, 0.25) is 0 Å². The second kappa shape index (κ2) is 5.13. The molecule has 1 heterocycles. The lowest BCUT2D eigenvalue weighted by molar-refractivity contribution is 0.0286. The fourth-order valence-electron chi connectivity index (χ4n) is 3.72. The van der Waals surface area contributed by atoms with Crippen LogP contribution < -0.4 is 5.73 Å². The normalized spacial score (nSPS) is 36.5. The molecule has 2 unspecified atom stereocenters. The Bertz CT molecular complexity index is 277. The number of piperidine rings is 1. The maximum absolute atomic E-state index is 6.39. The van der Waals surface area contributed by atoms with Crippen LogP contribution in [0.5, 0.6) is 0 Å². The van der Waals surface area contributed by atoms with E-state index in [1.807, 2.05) is 0 Å². The van der Waals surface area contributed by atoms with Gasteiger partial charge in [-0.15, -0.1) is 0 Å². The maximum Gasteiger partial charge on any atom is 0.0252 e. The third-order valence-corrected chi connectivity index (χ3v) is 5.74. The van der Waals surface area contributed by atoms with Crippen molar-refractivity contribution in [3.63, 3.8) is 0 Å². The maximum atomic E-state index is 6.39. The summed E-state index contributed by atoms with van der Waals surface area (Å²) in [5.74, 6) is 0. The van der Waals surface area contributed by atoms with Gasteiger partial charge in [0.05, 0.1) is 0 Å². The molecule has 1 saturated heterocycles. The van der Waals surface area contributed by atoms with Gasteiger partial charge in [-0.1, -0.05) is 34.1 Å². The third kappa shape index (κ3) is 3.08. The molecule has 106 valence electrons. The van der Waals surface area contributed by atoms with Crippen LogP contribution in [0.2, 0.25) is 0 Å². The van der Waals surface area contributed by atoms with E-state index in [9.17, 15) is 0 Å². The van der Waals surface area contributed by atoms with Crippen LogP contribution in [0.3, 0.4) is 0 Å². The van der Waals surface area contributed by atoms with Crippen LogP contribution in [0.4, 0.5) is 0 Å². The minimum atomic E-state index is 0.406. The first-order chi connectivity index (χ1) is 8.35. The van der Waals surface area contributed by atoms with Gasteiger partial charge in [-0.2, -0.15) is 0 Å². The summed E-state index contributed by atoms with van der Waals surface area (Å²) in [5.41, 5.74) is 7.47. The molecule has 0 bridgehead atoms. The van der Waals surface area contributed by atoms with Crippen LogP contribution in [0.1, 0.15) is 66.2 Å². The quantitative estimate of drug-likeness (QED) is 0.816. The van der Waals surface area contributed by atoms with Gasteiger partial charge in [0.25, 0.3) is 0 Å². The van der Waals surface area contributed by atoms with E-state index in [4.69, 9.17) is 5.73 Å². The molecule has 1 aliphatic carbocycles. The van der Waals surface area contributed by atoms with Crippen LogP contribution in [0.15, 0.2) is 0 Å². The Labute approximate surface area is 113 Å². The molecule has 1 aliphatic heterocycles. The average molecular weight is 252 g/mol. The highest BCUT2D eigenvalue weighted by atomic mass is 15.2. The standard InChI is InChI=1S/C16H32N2/c1-5-16(4)8-10-18(11-9-16)14-12-15(2,3)7-6-13(14)17/h13-14H,5-12,17H2,1-4H3. The molecule has 2 N–H and O–H groups in total. The second-order valence-electron chi connectivity index (χ2n) is 7.84. The van der Waals surface area contributed by atoms with Crippen molar-refractivity contribution in [2.45, 2.75) is 78.3 Å². The van der Waals surface area contributed by atoms with Crippen LogP contribution in [-0.2, 0) is 0 Å². The smallest absolute Gasteiger partial charge is 0.0252 e. The van der Waals surface area contributed by atoms with Gasteiger partial charge in [-0.25, -0.2) is 0 Å². The minimum absolute atomic E-state index is 0.406. The molecule has 2 nitrogen and oxygen atoms in total. The van der Waals surface area contributed by atoms with E-state index in [1.165, 1.54) is 51.6 Å².